The number of aliphatic carboxylic acids is 1. The SMILES string of the molecule is CC1C(NOO)CC2NC(=O)C(=O)NC2C1C(=O)O. The molecule has 9 heteroatoms. The van der Waals surface area contributed by atoms with Crippen molar-refractivity contribution in [2.45, 2.75) is 31.5 Å². The highest BCUT2D eigenvalue weighted by Gasteiger charge is 2.50. The summed E-state index contributed by atoms with van der Waals surface area (Å²) in [5.41, 5.74) is 2.31. The molecule has 1 heterocycles. The van der Waals surface area contributed by atoms with Crippen LogP contribution in [0.1, 0.15) is 13.3 Å². The summed E-state index contributed by atoms with van der Waals surface area (Å²) in [7, 11) is 0. The number of carboxylic acid groups (broad SMARTS) is 1. The second kappa shape index (κ2) is 5.11. The minimum atomic E-state index is -1.08. The van der Waals surface area contributed by atoms with E-state index in [2.05, 4.69) is 21.1 Å². The smallest absolute Gasteiger partial charge is 0.309 e. The molecule has 2 rings (SSSR count). The van der Waals surface area contributed by atoms with Gasteiger partial charge in [0.25, 0.3) is 0 Å². The lowest BCUT2D eigenvalue weighted by atomic mass is 9.70. The average Bonchev–Trinajstić information content (AvgIpc) is 2.33. The van der Waals surface area contributed by atoms with Crippen molar-refractivity contribution < 1.29 is 29.7 Å². The van der Waals surface area contributed by atoms with Crippen molar-refractivity contribution in [1.29, 1.82) is 0 Å². The largest absolute Gasteiger partial charge is 0.481 e. The predicted molar refractivity (Wildman–Crippen MR) is 59.4 cm³/mol. The zero-order valence-corrected chi connectivity index (χ0v) is 10.1. The predicted octanol–water partition coefficient (Wildman–Crippen LogP) is -1.93. The number of hydrogen-bond acceptors (Lipinski definition) is 6. The van der Waals surface area contributed by atoms with Gasteiger partial charge in [0.05, 0.1) is 18.0 Å². The Balaban J connectivity index is 2.25. The van der Waals surface area contributed by atoms with Crippen LogP contribution in [-0.2, 0) is 19.4 Å². The third-order valence-electron chi connectivity index (χ3n) is 3.84. The summed E-state index contributed by atoms with van der Waals surface area (Å²) in [6.45, 7) is 1.67. The van der Waals surface area contributed by atoms with Gasteiger partial charge < -0.3 is 15.7 Å². The molecule has 5 N–H and O–H groups in total. The van der Waals surface area contributed by atoms with Gasteiger partial charge in [-0.3, -0.25) is 14.4 Å². The number of hydroxylamine groups is 1. The summed E-state index contributed by atoms with van der Waals surface area (Å²) in [6, 6.07) is -1.65. The molecule has 0 bridgehead atoms. The molecule has 1 aliphatic carbocycles. The quantitative estimate of drug-likeness (QED) is 0.229. The van der Waals surface area contributed by atoms with E-state index < -0.39 is 47.7 Å². The molecule has 0 radical (unpaired) electrons. The van der Waals surface area contributed by atoms with Crippen LogP contribution >= 0.6 is 0 Å². The zero-order chi connectivity index (χ0) is 14.2. The summed E-state index contributed by atoms with van der Waals surface area (Å²) in [6.07, 6.45) is 0.336. The number of carboxylic acids is 1. The summed E-state index contributed by atoms with van der Waals surface area (Å²) in [5, 5.41) is 22.6. The second-order valence-electron chi connectivity index (χ2n) is 4.85. The molecule has 0 aromatic carbocycles. The third-order valence-corrected chi connectivity index (χ3v) is 3.84. The molecule has 0 aromatic heterocycles. The number of rotatable bonds is 3. The average molecular weight is 273 g/mol. The maximum Gasteiger partial charge on any atom is 0.309 e. The van der Waals surface area contributed by atoms with E-state index in [-0.39, 0.29) is 0 Å². The van der Waals surface area contributed by atoms with Gasteiger partial charge in [0.1, 0.15) is 0 Å². The summed E-state index contributed by atoms with van der Waals surface area (Å²) < 4.78 is 0. The summed E-state index contributed by atoms with van der Waals surface area (Å²) in [4.78, 5) is 37.9. The van der Waals surface area contributed by atoms with Crippen molar-refractivity contribution in [3.63, 3.8) is 0 Å². The van der Waals surface area contributed by atoms with Crippen molar-refractivity contribution in [3.05, 3.63) is 0 Å². The van der Waals surface area contributed by atoms with Crippen LogP contribution in [0, 0.1) is 11.8 Å². The van der Waals surface area contributed by atoms with Crippen LogP contribution in [0.3, 0.4) is 0 Å². The van der Waals surface area contributed by atoms with Gasteiger partial charge >= 0.3 is 17.8 Å². The van der Waals surface area contributed by atoms with Gasteiger partial charge in [0, 0.05) is 6.04 Å². The molecular weight excluding hydrogens is 258 g/mol. The number of carbonyl (C=O) groups is 3. The maximum absolute atomic E-state index is 11.4. The number of fused-ring (bicyclic) bond motifs is 1. The normalized spacial score (nSPS) is 38.1. The van der Waals surface area contributed by atoms with Crippen molar-refractivity contribution in [2.24, 2.45) is 11.8 Å². The van der Waals surface area contributed by atoms with Crippen LogP contribution in [0.4, 0.5) is 0 Å². The number of nitrogens with one attached hydrogen (secondary N) is 3. The third kappa shape index (κ3) is 2.39. The molecule has 5 unspecified atom stereocenters. The highest BCUT2D eigenvalue weighted by Crippen LogP contribution is 2.32. The lowest BCUT2D eigenvalue weighted by Gasteiger charge is -2.46. The van der Waals surface area contributed by atoms with E-state index in [1.807, 2.05) is 0 Å². The van der Waals surface area contributed by atoms with Crippen molar-refractivity contribution in [1.82, 2.24) is 16.1 Å². The Morgan fingerprint density at radius 3 is 2.58 bits per heavy atom. The molecule has 106 valence electrons. The lowest BCUT2D eigenvalue weighted by molar-refractivity contribution is -0.304. The Morgan fingerprint density at radius 1 is 1.37 bits per heavy atom. The molecular formula is C10H15N3O6. The Bertz CT molecular complexity index is 414. The van der Waals surface area contributed by atoms with Gasteiger partial charge in [-0.25, -0.2) is 5.26 Å². The highest BCUT2D eigenvalue weighted by molar-refractivity contribution is 6.35. The van der Waals surface area contributed by atoms with E-state index in [9.17, 15) is 19.5 Å². The molecule has 0 spiro atoms. The molecule has 1 saturated carbocycles. The minimum Gasteiger partial charge on any atom is -0.481 e. The fraction of sp³-hybridized carbons (Fsp3) is 0.700. The summed E-state index contributed by atoms with van der Waals surface area (Å²) >= 11 is 0. The monoisotopic (exact) mass is 273 g/mol. The zero-order valence-electron chi connectivity index (χ0n) is 10.1. The second-order valence-corrected chi connectivity index (χ2v) is 4.85. The Labute approximate surface area is 108 Å². The maximum atomic E-state index is 11.4. The van der Waals surface area contributed by atoms with Crippen LogP contribution in [0.2, 0.25) is 0 Å². The van der Waals surface area contributed by atoms with E-state index in [1.54, 1.807) is 6.92 Å². The number of hydrogen-bond donors (Lipinski definition) is 5. The van der Waals surface area contributed by atoms with Crippen LogP contribution in [0.15, 0.2) is 0 Å². The first-order valence-corrected chi connectivity index (χ1v) is 5.85. The van der Waals surface area contributed by atoms with Gasteiger partial charge in [0.15, 0.2) is 0 Å². The van der Waals surface area contributed by atoms with Gasteiger partial charge in [-0.15, -0.1) is 4.99 Å². The fourth-order valence-electron chi connectivity index (χ4n) is 2.85. The van der Waals surface area contributed by atoms with Crippen LogP contribution < -0.4 is 16.1 Å². The van der Waals surface area contributed by atoms with Gasteiger partial charge in [-0.1, -0.05) is 6.92 Å². The first-order valence-electron chi connectivity index (χ1n) is 5.85. The van der Waals surface area contributed by atoms with Gasteiger partial charge in [0.2, 0.25) is 0 Å². The highest BCUT2D eigenvalue weighted by atomic mass is 17.2. The number of amides is 2. The Hall–Kier alpha value is -1.71. The van der Waals surface area contributed by atoms with Gasteiger partial charge in [-0.2, -0.15) is 5.48 Å². The first-order chi connectivity index (χ1) is 8.95. The molecule has 5 atom stereocenters. The first kappa shape index (κ1) is 13.7. The Kier molecular flexibility index (Phi) is 3.69. The van der Waals surface area contributed by atoms with E-state index in [0.717, 1.165) is 0 Å². The van der Waals surface area contributed by atoms with Crippen molar-refractivity contribution in [3.8, 4) is 0 Å². The summed E-state index contributed by atoms with van der Waals surface area (Å²) in [5.74, 6) is -3.99. The number of carbonyl (C=O) groups excluding carboxylic acids is 2. The molecule has 1 saturated heterocycles. The molecule has 2 amide bonds. The molecule has 2 fully saturated rings. The van der Waals surface area contributed by atoms with Crippen LogP contribution in [-0.4, -0.2) is 46.3 Å². The topological polar surface area (TPSA) is 137 Å². The minimum absolute atomic E-state index is 0.336. The molecule has 2 aliphatic rings. The molecule has 9 nitrogen and oxygen atoms in total. The van der Waals surface area contributed by atoms with E-state index >= 15 is 0 Å². The number of piperazine rings is 1. The molecule has 19 heavy (non-hydrogen) atoms. The Morgan fingerprint density at radius 2 is 2.00 bits per heavy atom. The fourth-order valence-corrected chi connectivity index (χ4v) is 2.85. The molecule has 1 aliphatic heterocycles. The van der Waals surface area contributed by atoms with Crippen molar-refractivity contribution in [2.75, 3.05) is 0 Å². The van der Waals surface area contributed by atoms with E-state index in [1.165, 1.54) is 0 Å². The van der Waals surface area contributed by atoms with E-state index in [0.29, 0.717) is 6.42 Å². The van der Waals surface area contributed by atoms with Crippen molar-refractivity contribution >= 4 is 17.8 Å². The van der Waals surface area contributed by atoms with Crippen LogP contribution in [0.25, 0.3) is 0 Å². The van der Waals surface area contributed by atoms with Gasteiger partial charge in [-0.05, 0) is 12.3 Å². The molecule has 0 aromatic rings. The standard InChI is InChI=1S/C10H15N3O6/c1-3-4(13-19-18)2-5-7(6(3)10(16)17)12-9(15)8(14)11-5/h3-7,13,18H,2H2,1H3,(H,11,14)(H,12,15)(H,16,17). The van der Waals surface area contributed by atoms with E-state index in [4.69, 9.17) is 5.26 Å². The van der Waals surface area contributed by atoms with Crippen LogP contribution in [0.5, 0.6) is 0 Å². The lowest BCUT2D eigenvalue weighted by Crippen LogP contribution is -2.70.